The van der Waals surface area contributed by atoms with E-state index in [1.807, 2.05) is 38.1 Å². The highest BCUT2D eigenvalue weighted by molar-refractivity contribution is 5.96. The Labute approximate surface area is 122 Å². The highest BCUT2D eigenvalue weighted by Crippen LogP contribution is 2.26. The monoisotopic (exact) mass is 272 g/mol. The maximum Gasteiger partial charge on any atom is 0.252 e. The molecule has 3 heteroatoms. The number of amides is 1. The quantitative estimate of drug-likeness (QED) is 0.906. The third-order valence-electron chi connectivity index (χ3n) is 3.75. The molecule has 0 aliphatic carbocycles. The Morgan fingerprint density at radius 3 is 2.20 bits per heavy atom. The van der Waals surface area contributed by atoms with Gasteiger partial charge in [0.15, 0.2) is 0 Å². The standard InChI is InChI=1S/C17H24N2O/c1-6-17(7-2,12-18)19-15(20)13-10-8-9-11-14(13)16(3,4)5/h8-11H,6-7H2,1-5H3,(H,19,20). The number of carbonyl (C=O) groups excluding carboxylic acids is 1. The number of nitrogens with zero attached hydrogens (tertiary/aromatic N) is 1. The first-order valence-corrected chi connectivity index (χ1v) is 7.13. The lowest BCUT2D eigenvalue weighted by molar-refractivity contribution is 0.0913. The van der Waals surface area contributed by atoms with Crippen LogP contribution in [-0.2, 0) is 5.41 Å². The Morgan fingerprint density at radius 1 is 1.20 bits per heavy atom. The smallest absolute Gasteiger partial charge is 0.252 e. The number of hydrogen-bond acceptors (Lipinski definition) is 2. The van der Waals surface area contributed by atoms with Crippen molar-refractivity contribution < 1.29 is 4.79 Å². The van der Waals surface area contributed by atoms with Gasteiger partial charge < -0.3 is 5.32 Å². The van der Waals surface area contributed by atoms with Crippen LogP contribution in [0.2, 0.25) is 0 Å². The Hall–Kier alpha value is -1.82. The molecule has 1 amide bonds. The van der Waals surface area contributed by atoms with Gasteiger partial charge in [0, 0.05) is 5.56 Å². The minimum atomic E-state index is -0.776. The number of rotatable bonds is 4. The Balaban J connectivity index is 3.15. The van der Waals surface area contributed by atoms with Crippen LogP contribution in [0, 0.1) is 11.3 Å². The van der Waals surface area contributed by atoms with Crippen LogP contribution in [0.15, 0.2) is 24.3 Å². The van der Waals surface area contributed by atoms with Crippen LogP contribution >= 0.6 is 0 Å². The van der Waals surface area contributed by atoms with E-state index in [1.165, 1.54) is 0 Å². The summed E-state index contributed by atoms with van der Waals surface area (Å²) in [6.07, 6.45) is 1.20. The zero-order chi connectivity index (χ0) is 15.4. The summed E-state index contributed by atoms with van der Waals surface area (Å²) in [7, 11) is 0. The Kier molecular flexibility index (Phi) is 4.94. The van der Waals surface area contributed by atoms with Crippen molar-refractivity contribution in [1.29, 1.82) is 5.26 Å². The van der Waals surface area contributed by atoms with Crippen molar-refractivity contribution in [3.8, 4) is 6.07 Å². The highest BCUT2D eigenvalue weighted by Gasteiger charge is 2.30. The molecule has 0 aliphatic heterocycles. The minimum Gasteiger partial charge on any atom is -0.334 e. The fraction of sp³-hybridized carbons (Fsp3) is 0.529. The van der Waals surface area contributed by atoms with Crippen LogP contribution in [0.3, 0.4) is 0 Å². The summed E-state index contributed by atoms with van der Waals surface area (Å²) in [6.45, 7) is 10.1. The molecule has 1 rings (SSSR count). The van der Waals surface area contributed by atoms with Crippen LogP contribution in [-0.4, -0.2) is 11.4 Å². The molecule has 20 heavy (non-hydrogen) atoms. The van der Waals surface area contributed by atoms with Gasteiger partial charge in [-0.15, -0.1) is 0 Å². The van der Waals surface area contributed by atoms with Crippen molar-refractivity contribution in [2.75, 3.05) is 0 Å². The molecule has 0 fully saturated rings. The number of carbonyl (C=O) groups is 1. The van der Waals surface area contributed by atoms with Crippen molar-refractivity contribution in [1.82, 2.24) is 5.32 Å². The maximum atomic E-state index is 12.5. The van der Waals surface area contributed by atoms with Gasteiger partial charge in [0.1, 0.15) is 5.54 Å². The average Bonchev–Trinajstić information content (AvgIpc) is 2.44. The lowest BCUT2D eigenvalue weighted by atomic mass is 9.83. The van der Waals surface area contributed by atoms with E-state index in [-0.39, 0.29) is 11.3 Å². The topological polar surface area (TPSA) is 52.9 Å². The summed E-state index contributed by atoms with van der Waals surface area (Å²) in [5, 5.41) is 12.2. The largest absolute Gasteiger partial charge is 0.334 e. The number of nitrogens with one attached hydrogen (secondary N) is 1. The Morgan fingerprint density at radius 2 is 1.75 bits per heavy atom. The van der Waals surface area contributed by atoms with Gasteiger partial charge in [0.05, 0.1) is 6.07 Å². The van der Waals surface area contributed by atoms with Gasteiger partial charge in [0.25, 0.3) is 5.91 Å². The second-order valence-electron chi connectivity index (χ2n) is 6.15. The van der Waals surface area contributed by atoms with Crippen LogP contribution in [0.25, 0.3) is 0 Å². The van der Waals surface area contributed by atoms with Crippen LogP contribution in [0.5, 0.6) is 0 Å². The molecule has 3 nitrogen and oxygen atoms in total. The van der Waals surface area contributed by atoms with Gasteiger partial charge in [-0.1, -0.05) is 52.8 Å². The fourth-order valence-electron chi connectivity index (χ4n) is 2.23. The Bertz CT molecular complexity index is 517. The van der Waals surface area contributed by atoms with E-state index in [4.69, 9.17) is 0 Å². The predicted molar refractivity (Wildman–Crippen MR) is 81.5 cm³/mol. The van der Waals surface area contributed by atoms with Gasteiger partial charge in [-0.3, -0.25) is 4.79 Å². The van der Waals surface area contributed by atoms with Crippen LogP contribution in [0.4, 0.5) is 0 Å². The van der Waals surface area contributed by atoms with E-state index < -0.39 is 5.54 Å². The molecule has 1 N–H and O–H groups in total. The first-order valence-electron chi connectivity index (χ1n) is 7.13. The lowest BCUT2D eigenvalue weighted by Crippen LogP contribution is -2.46. The molecule has 0 saturated heterocycles. The van der Waals surface area contributed by atoms with Crippen LogP contribution < -0.4 is 5.32 Å². The first-order chi connectivity index (χ1) is 9.29. The maximum absolute atomic E-state index is 12.5. The second kappa shape index (κ2) is 6.09. The molecule has 0 aromatic heterocycles. The van der Waals surface area contributed by atoms with E-state index in [2.05, 4.69) is 32.2 Å². The molecule has 0 saturated carbocycles. The molecule has 0 heterocycles. The SMILES string of the molecule is CCC(C#N)(CC)NC(=O)c1ccccc1C(C)(C)C. The molecular formula is C17H24N2O. The summed E-state index contributed by atoms with van der Waals surface area (Å²) in [5.41, 5.74) is 0.766. The molecule has 1 aromatic rings. The lowest BCUT2D eigenvalue weighted by Gasteiger charge is -2.27. The number of hydrogen-bond donors (Lipinski definition) is 1. The molecule has 0 unspecified atom stereocenters. The minimum absolute atomic E-state index is 0.109. The van der Waals surface area contributed by atoms with Crippen LogP contribution in [0.1, 0.15) is 63.4 Å². The number of benzene rings is 1. The normalized spacial score (nSPS) is 11.8. The third-order valence-corrected chi connectivity index (χ3v) is 3.75. The van der Waals surface area contributed by atoms with E-state index in [0.29, 0.717) is 18.4 Å². The summed E-state index contributed by atoms with van der Waals surface area (Å²) in [5.74, 6) is -0.166. The summed E-state index contributed by atoms with van der Waals surface area (Å²) < 4.78 is 0. The fourth-order valence-corrected chi connectivity index (χ4v) is 2.23. The van der Waals surface area contributed by atoms with Gasteiger partial charge in [-0.25, -0.2) is 0 Å². The molecular weight excluding hydrogens is 248 g/mol. The molecule has 0 atom stereocenters. The molecule has 0 aliphatic rings. The summed E-state index contributed by atoms with van der Waals surface area (Å²) in [4.78, 5) is 12.5. The van der Waals surface area contributed by atoms with Gasteiger partial charge >= 0.3 is 0 Å². The first kappa shape index (κ1) is 16.2. The molecule has 0 bridgehead atoms. The number of nitriles is 1. The summed E-state index contributed by atoms with van der Waals surface area (Å²) in [6, 6.07) is 9.83. The van der Waals surface area contributed by atoms with Crippen molar-refractivity contribution in [3.63, 3.8) is 0 Å². The average molecular weight is 272 g/mol. The molecule has 1 aromatic carbocycles. The van der Waals surface area contributed by atoms with Crippen molar-refractivity contribution >= 4 is 5.91 Å². The van der Waals surface area contributed by atoms with Gasteiger partial charge in [0.2, 0.25) is 0 Å². The van der Waals surface area contributed by atoms with E-state index in [0.717, 1.165) is 5.56 Å². The van der Waals surface area contributed by atoms with E-state index >= 15 is 0 Å². The predicted octanol–water partition coefficient (Wildman–Crippen LogP) is 3.80. The van der Waals surface area contributed by atoms with Gasteiger partial charge in [-0.05, 0) is 29.9 Å². The zero-order valence-corrected chi connectivity index (χ0v) is 13.1. The van der Waals surface area contributed by atoms with Crippen molar-refractivity contribution in [3.05, 3.63) is 35.4 Å². The molecule has 0 spiro atoms. The zero-order valence-electron chi connectivity index (χ0n) is 13.1. The van der Waals surface area contributed by atoms with Gasteiger partial charge in [-0.2, -0.15) is 5.26 Å². The third kappa shape index (κ3) is 3.39. The molecule has 108 valence electrons. The van der Waals surface area contributed by atoms with Crippen molar-refractivity contribution in [2.24, 2.45) is 0 Å². The van der Waals surface area contributed by atoms with Crippen molar-refractivity contribution in [2.45, 2.75) is 58.4 Å². The highest BCUT2D eigenvalue weighted by atomic mass is 16.1. The second-order valence-corrected chi connectivity index (χ2v) is 6.15. The summed E-state index contributed by atoms with van der Waals surface area (Å²) >= 11 is 0. The molecule has 0 radical (unpaired) electrons. The van der Waals surface area contributed by atoms with E-state index in [1.54, 1.807) is 0 Å². The van der Waals surface area contributed by atoms with E-state index in [9.17, 15) is 10.1 Å².